The Labute approximate surface area is 336 Å². The van der Waals surface area contributed by atoms with Crippen LogP contribution in [-0.2, 0) is 5.41 Å². The van der Waals surface area contributed by atoms with Gasteiger partial charge >= 0.3 is 0 Å². The summed E-state index contributed by atoms with van der Waals surface area (Å²) in [7, 11) is 0. The summed E-state index contributed by atoms with van der Waals surface area (Å²) in [6.07, 6.45) is 0. The predicted octanol–water partition coefficient (Wildman–Crippen LogP) is 14.5. The van der Waals surface area contributed by atoms with E-state index in [1.165, 1.54) is 70.2 Å². The molecule has 1 unspecified atom stereocenters. The molecule has 2 aromatic heterocycles. The summed E-state index contributed by atoms with van der Waals surface area (Å²) in [4.78, 5) is 10.3. The Kier molecular flexibility index (Phi) is 7.84. The molecule has 0 amide bonds. The van der Waals surface area contributed by atoms with E-state index in [0.29, 0.717) is 5.82 Å². The second-order valence-corrected chi connectivity index (χ2v) is 16.1. The van der Waals surface area contributed by atoms with Crippen LogP contribution in [0.2, 0.25) is 0 Å². The van der Waals surface area contributed by atoms with Gasteiger partial charge in [-0.05, 0) is 75.2 Å². The minimum absolute atomic E-state index is 0.238. The van der Waals surface area contributed by atoms with Gasteiger partial charge in [0.2, 0.25) is 0 Å². The third-order valence-electron chi connectivity index (χ3n) is 11.8. The van der Waals surface area contributed by atoms with Crippen LogP contribution in [0.25, 0.3) is 87.5 Å². The minimum atomic E-state index is -0.238. The largest absolute Gasteiger partial charge is 0.228 e. The lowest BCUT2D eigenvalue weighted by atomic mass is 9.74. The molecule has 0 N–H and O–H groups in total. The van der Waals surface area contributed by atoms with Crippen molar-refractivity contribution in [2.75, 3.05) is 0 Å². The Morgan fingerprint density at radius 1 is 0.386 bits per heavy atom. The topological polar surface area (TPSA) is 25.8 Å². The van der Waals surface area contributed by atoms with Crippen molar-refractivity contribution in [3.05, 3.63) is 217 Å². The Morgan fingerprint density at radius 2 is 0.947 bits per heavy atom. The maximum Gasteiger partial charge on any atom is 0.160 e. The van der Waals surface area contributed by atoms with Crippen molar-refractivity contribution in [3.63, 3.8) is 0 Å². The number of hydrogen-bond acceptors (Lipinski definition) is 3. The number of benzene rings is 8. The molecule has 0 radical (unpaired) electrons. The summed E-state index contributed by atoms with van der Waals surface area (Å²) in [6, 6.07) is 72.2. The fourth-order valence-corrected chi connectivity index (χ4v) is 10.1. The molecule has 0 saturated carbocycles. The molecule has 2 nitrogen and oxygen atoms in total. The average Bonchev–Trinajstić information content (AvgIpc) is 3.80. The lowest BCUT2D eigenvalue weighted by molar-refractivity contribution is 0.714. The van der Waals surface area contributed by atoms with Gasteiger partial charge in [0.15, 0.2) is 5.82 Å². The van der Waals surface area contributed by atoms with E-state index in [1.54, 1.807) is 0 Å². The molecule has 0 aliphatic heterocycles. The van der Waals surface area contributed by atoms with Crippen LogP contribution in [0.1, 0.15) is 23.6 Å². The molecule has 8 aromatic carbocycles. The highest BCUT2D eigenvalue weighted by Crippen LogP contribution is 2.53. The van der Waals surface area contributed by atoms with Crippen molar-refractivity contribution in [2.24, 2.45) is 0 Å². The molecule has 3 heteroatoms. The molecule has 268 valence electrons. The van der Waals surface area contributed by atoms with E-state index < -0.39 is 0 Å². The fourth-order valence-electron chi connectivity index (χ4n) is 8.84. The average molecular weight is 745 g/mol. The van der Waals surface area contributed by atoms with Crippen LogP contribution in [0.3, 0.4) is 0 Å². The van der Waals surface area contributed by atoms with Crippen LogP contribution in [0.4, 0.5) is 0 Å². The molecule has 1 atom stereocenters. The van der Waals surface area contributed by atoms with Gasteiger partial charge in [-0.2, -0.15) is 0 Å². The summed E-state index contributed by atoms with van der Waals surface area (Å²) in [6.45, 7) is 2.37. The van der Waals surface area contributed by atoms with E-state index in [2.05, 4.69) is 189 Å². The number of rotatable bonds is 6. The highest BCUT2D eigenvalue weighted by Gasteiger charge is 2.40. The fraction of sp³-hybridized carbons (Fsp3) is 0.0370. The van der Waals surface area contributed by atoms with E-state index in [0.717, 1.165) is 28.1 Å². The number of aromatic nitrogens is 2. The van der Waals surface area contributed by atoms with Crippen molar-refractivity contribution in [2.45, 2.75) is 12.3 Å². The van der Waals surface area contributed by atoms with Crippen LogP contribution in [-0.4, -0.2) is 9.97 Å². The lowest BCUT2D eigenvalue weighted by Gasteiger charge is -2.28. The SMILES string of the molecule is CC1(c2ccccc2)c2ccccc2-c2ccc(-c3ccc(-c4cc(-c5ccc(-c6cccc7c6sc6ccccc67)cc5)nc(-c5ccccc5)n4)cc3)cc21. The van der Waals surface area contributed by atoms with E-state index in [1.807, 2.05) is 29.5 Å². The molecule has 1 aliphatic rings. The van der Waals surface area contributed by atoms with Gasteiger partial charge < -0.3 is 0 Å². The number of nitrogens with zero attached hydrogens (tertiary/aromatic N) is 2. The molecule has 0 saturated heterocycles. The Morgan fingerprint density at radius 3 is 1.70 bits per heavy atom. The minimum Gasteiger partial charge on any atom is -0.228 e. The highest BCUT2D eigenvalue weighted by molar-refractivity contribution is 7.26. The van der Waals surface area contributed by atoms with Gasteiger partial charge in [0.1, 0.15) is 0 Å². The molecule has 1 aliphatic carbocycles. The molecule has 0 fully saturated rings. The van der Waals surface area contributed by atoms with Crippen molar-refractivity contribution in [1.29, 1.82) is 0 Å². The first-order chi connectivity index (χ1) is 28.1. The smallest absolute Gasteiger partial charge is 0.160 e. The van der Waals surface area contributed by atoms with Gasteiger partial charge in [-0.15, -0.1) is 11.3 Å². The highest BCUT2D eigenvalue weighted by atomic mass is 32.1. The number of hydrogen-bond donors (Lipinski definition) is 0. The summed E-state index contributed by atoms with van der Waals surface area (Å²) in [5.41, 5.74) is 16.1. The third-order valence-corrected chi connectivity index (χ3v) is 13.1. The molecule has 10 aromatic rings. The van der Waals surface area contributed by atoms with Gasteiger partial charge in [-0.1, -0.05) is 182 Å². The van der Waals surface area contributed by atoms with Crippen LogP contribution < -0.4 is 0 Å². The summed E-state index contributed by atoms with van der Waals surface area (Å²) in [5, 5.41) is 2.62. The van der Waals surface area contributed by atoms with Crippen LogP contribution in [0.15, 0.2) is 200 Å². The number of fused-ring (bicyclic) bond motifs is 6. The lowest BCUT2D eigenvalue weighted by Crippen LogP contribution is -2.22. The zero-order valence-corrected chi connectivity index (χ0v) is 32.2. The zero-order chi connectivity index (χ0) is 37.9. The zero-order valence-electron chi connectivity index (χ0n) is 31.4. The first-order valence-electron chi connectivity index (χ1n) is 19.5. The Hall–Kier alpha value is -6.94. The molecule has 57 heavy (non-hydrogen) atoms. The molecule has 0 bridgehead atoms. The normalized spacial score (nSPS) is 14.5. The second kappa shape index (κ2) is 13.4. The first kappa shape index (κ1) is 33.4. The van der Waals surface area contributed by atoms with E-state index >= 15 is 0 Å². The van der Waals surface area contributed by atoms with Crippen molar-refractivity contribution >= 4 is 31.5 Å². The van der Waals surface area contributed by atoms with Crippen molar-refractivity contribution in [3.8, 4) is 67.3 Å². The van der Waals surface area contributed by atoms with Crippen LogP contribution in [0.5, 0.6) is 0 Å². The molecule has 2 heterocycles. The van der Waals surface area contributed by atoms with Crippen LogP contribution in [0, 0.1) is 0 Å². The van der Waals surface area contributed by atoms with Gasteiger partial charge in [0.05, 0.1) is 11.4 Å². The summed E-state index contributed by atoms with van der Waals surface area (Å²) >= 11 is 1.86. The van der Waals surface area contributed by atoms with Crippen LogP contribution >= 0.6 is 11.3 Å². The quantitative estimate of drug-likeness (QED) is 0.169. The maximum atomic E-state index is 5.13. The molecule has 0 spiro atoms. The standard InChI is InChI=1S/C54H36N2S/c1-54(41-15-6-3-7-16-41)47-21-10-8-17-43(47)44-32-31-40(33-48(44)54)35-23-27-37(28-24-35)49-34-50(56-53(55-49)39-13-4-2-5-14-39)38-29-25-36(26-30-38)42-19-12-20-46-45-18-9-11-22-51(45)57-52(42)46/h2-34H,1H3. The Bertz CT molecular complexity index is 3110. The molecular formula is C54H36N2S. The van der Waals surface area contributed by atoms with Gasteiger partial charge in [-0.3, -0.25) is 0 Å². The summed E-state index contributed by atoms with van der Waals surface area (Å²) < 4.78 is 2.64. The predicted molar refractivity (Wildman–Crippen MR) is 240 cm³/mol. The van der Waals surface area contributed by atoms with Gasteiger partial charge in [-0.25, -0.2) is 9.97 Å². The first-order valence-corrected chi connectivity index (χ1v) is 20.3. The van der Waals surface area contributed by atoms with Crippen molar-refractivity contribution < 1.29 is 0 Å². The van der Waals surface area contributed by atoms with Gasteiger partial charge in [0.25, 0.3) is 0 Å². The number of thiophene rings is 1. The second-order valence-electron chi connectivity index (χ2n) is 15.1. The third kappa shape index (κ3) is 5.54. The Balaban J connectivity index is 0.958. The van der Waals surface area contributed by atoms with E-state index in [9.17, 15) is 0 Å². The monoisotopic (exact) mass is 744 g/mol. The van der Waals surface area contributed by atoms with Crippen molar-refractivity contribution in [1.82, 2.24) is 9.97 Å². The molecule has 11 rings (SSSR count). The van der Waals surface area contributed by atoms with E-state index in [-0.39, 0.29) is 5.41 Å². The maximum absolute atomic E-state index is 5.13. The molecular weight excluding hydrogens is 709 g/mol. The van der Waals surface area contributed by atoms with Gasteiger partial charge in [0, 0.05) is 42.3 Å². The summed E-state index contributed by atoms with van der Waals surface area (Å²) in [5.74, 6) is 0.713. The van der Waals surface area contributed by atoms with E-state index in [4.69, 9.17) is 9.97 Å².